The highest BCUT2D eigenvalue weighted by Crippen LogP contribution is 2.37. The van der Waals surface area contributed by atoms with Crippen molar-refractivity contribution >= 4 is 35.4 Å². The summed E-state index contributed by atoms with van der Waals surface area (Å²) in [6.45, 7) is 2.48. The van der Waals surface area contributed by atoms with E-state index >= 15 is 0 Å². The largest absolute Gasteiger partial charge is 0.465 e. The molecule has 1 aromatic carbocycles. The normalized spacial score (nSPS) is 17.2. The molecule has 1 aliphatic rings. The molecule has 0 fully saturated rings. The van der Waals surface area contributed by atoms with Crippen molar-refractivity contribution in [1.82, 2.24) is 0 Å². The zero-order valence-corrected chi connectivity index (χ0v) is 14.7. The van der Waals surface area contributed by atoms with E-state index < -0.39 is 5.97 Å². The summed E-state index contributed by atoms with van der Waals surface area (Å²) >= 11 is 1.76. The van der Waals surface area contributed by atoms with Gasteiger partial charge in [0, 0.05) is 22.8 Å². The van der Waals surface area contributed by atoms with Crippen molar-refractivity contribution in [2.75, 3.05) is 18.1 Å². The number of amides is 1. The van der Waals surface area contributed by atoms with E-state index in [-0.39, 0.29) is 12.5 Å². The Bertz CT molecular complexity index is 769. The Morgan fingerprint density at radius 3 is 2.96 bits per heavy atom. The molecule has 0 bridgehead atoms. The highest BCUT2D eigenvalue weighted by molar-refractivity contribution is 8.00. The second kappa shape index (κ2) is 8.07. The van der Waals surface area contributed by atoms with Crippen molar-refractivity contribution in [2.24, 2.45) is 0 Å². The lowest BCUT2D eigenvalue weighted by Gasteiger charge is -2.22. The monoisotopic (exact) mass is 357 g/mol. The molecule has 0 N–H and O–H groups in total. The molecule has 1 atom stereocenters. The Hall–Kier alpha value is -2.47. The van der Waals surface area contributed by atoms with Crippen molar-refractivity contribution in [3.05, 3.63) is 54.5 Å². The summed E-state index contributed by atoms with van der Waals surface area (Å²) in [7, 11) is 0. The first kappa shape index (κ1) is 17.4. The zero-order valence-electron chi connectivity index (χ0n) is 13.9. The highest BCUT2D eigenvalue weighted by atomic mass is 32.2. The number of anilines is 1. The van der Waals surface area contributed by atoms with Gasteiger partial charge in [-0.05, 0) is 36.8 Å². The summed E-state index contributed by atoms with van der Waals surface area (Å²) in [6, 6.07) is 11.3. The van der Waals surface area contributed by atoms with Crippen LogP contribution in [0.5, 0.6) is 0 Å². The molecule has 0 saturated carbocycles. The minimum absolute atomic E-state index is 0.220. The predicted molar refractivity (Wildman–Crippen MR) is 97.4 cm³/mol. The zero-order chi connectivity index (χ0) is 17.6. The van der Waals surface area contributed by atoms with Crippen LogP contribution in [0, 0.1) is 0 Å². The Kier molecular flexibility index (Phi) is 5.60. The van der Waals surface area contributed by atoms with Gasteiger partial charge < -0.3 is 14.1 Å². The van der Waals surface area contributed by atoms with Gasteiger partial charge in [0.05, 0.1) is 12.0 Å². The van der Waals surface area contributed by atoms with E-state index in [0.29, 0.717) is 17.6 Å². The van der Waals surface area contributed by atoms with E-state index in [4.69, 9.17) is 9.15 Å². The van der Waals surface area contributed by atoms with E-state index in [1.807, 2.05) is 24.3 Å². The number of carbonyl (C=O) groups is 2. The molecule has 1 aromatic heterocycles. The van der Waals surface area contributed by atoms with Crippen LogP contribution >= 0.6 is 11.8 Å². The molecule has 1 unspecified atom stereocenters. The minimum Gasteiger partial charge on any atom is -0.465 e. The van der Waals surface area contributed by atoms with Crippen LogP contribution in [0.4, 0.5) is 5.69 Å². The van der Waals surface area contributed by atoms with E-state index in [1.54, 1.807) is 28.8 Å². The van der Waals surface area contributed by atoms with Gasteiger partial charge >= 0.3 is 5.97 Å². The van der Waals surface area contributed by atoms with Gasteiger partial charge in [-0.3, -0.25) is 4.79 Å². The second-order valence-corrected chi connectivity index (χ2v) is 7.17. The van der Waals surface area contributed by atoms with Gasteiger partial charge in [0.25, 0.3) is 5.91 Å². The molecule has 2 heterocycles. The SMILES string of the molecule is CC1CCN(C(=O)COC(=O)/C=C/c2ccco2)c2ccccc2S1. The summed E-state index contributed by atoms with van der Waals surface area (Å²) in [5, 5.41) is 0.428. The first-order chi connectivity index (χ1) is 12.1. The Balaban J connectivity index is 1.62. The van der Waals surface area contributed by atoms with E-state index in [2.05, 4.69) is 6.92 Å². The van der Waals surface area contributed by atoms with Crippen molar-refractivity contribution in [2.45, 2.75) is 23.5 Å². The average molecular weight is 357 g/mol. The molecule has 130 valence electrons. The number of hydrogen-bond donors (Lipinski definition) is 0. The predicted octanol–water partition coefficient (Wildman–Crippen LogP) is 3.75. The van der Waals surface area contributed by atoms with Gasteiger partial charge in [-0.1, -0.05) is 19.1 Å². The Labute approximate surface area is 150 Å². The van der Waals surface area contributed by atoms with Crippen LogP contribution in [0.15, 0.2) is 58.1 Å². The second-order valence-electron chi connectivity index (χ2n) is 5.69. The lowest BCUT2D eigenvalue weighted by Crippen LogP contribution is -2.35. The standard InChI is InChI=1S/C19H19NO4S/c1-14-10-11-20(16-6-2-3-7-17(16)25-14)18(21)13-24-19(22)9-8-15-5-4-12-23-15/h2-9,12,14H,10-11,13H2,1H3/b9-8+. The van der Waals surface area contributed by atoms with Crippen molar-refractivity contribution < 1.29 is 18.7 Å². The van der Waals surface area contributed by atoms with Crippen LogP contribution in [0.25, 0.3) is 6.08 Å². The highest BCUT2D eigenvalue weighted by Gasteiger charge is 2.24. The van der Waals surface area contributed by atoms with Crippen LogP contribution in [0.1, 0.15) is 19.1 Å². The number of esters is 1. The van der Waals surface area contributed by atoms with E-state index in [9.17, 15) is 9.59 Å². The number of rotatable bonds is 4. The number of hydrogen-bond acceptors (Lipinski definition) is 5. The first-order valence-corrected chi connectivity index (χ1v) is 8.96. The third kappa shape index (κ3) is 4.54. The van der Waals surface area contributed by atoms with E-state index in [1.165, 1.54) is 18.4 Å². The topological polar surface area (TPSA) is 59.8 Å². The number of benzene rings is 1. The summed E-state index contributed by atoms with van der Waals surface area (Å²) in [5.74, 6) is -0.242. The minimum atomic E-state index is -0.574. The van der Waals surface area contributed by atoms with E-state index in [0.717, 1.165) is 17.0 Å². The molecule has 25 heavy (non-hydrogen) atoms. The van der Waals surface area contributed by atoms with Gasteiger partial charge in [-0.2, -0.15) is 0 Å². The number of para-hydroxylation sites is 1. The van der Waals surface area contributed by atoms with Crippen LogP contribution in [0.2, 0.25) is 0 Å². The van der Waals surface area contributed by atoms with Crippen LogP contribution in [-0.4, -0.2) is 30.3 Å². The van der Waals surface area contributed by atoms with Gasteiger partial charge in [0.15, 0.2) is 6.61 Å². The molecule has 6 heteroatoms. The maximum Gasteiger partial charge on any atom is 0.331 e. The van der Waals surface area contributed by atoms with Crippen LogP contribution in [-0.2, 0) is 14.3 Å². The van der Waals surface area contributed by atoms with Crippen molar-refractivity contribution in [3.8, 4) is 0 Å². The lowest BCUT2D eigenvalue weighted by molar-refractivity contribution is -0.142. The summed E-state index contributed by atoms with van der Waals surface area (Å²) in [5.41, 5.74) is 0.879. The van der Waals surface area contributed by atoms with Gasteiger partial charge in [-0.15, -0.1) is 11.8 Å². The summed E-state index contributed by atoms with van der Waals surface area (Å²) in [4.78, 5) is 27.1. The summed E-state index contributed by atoms with van der Waals surface area (Å²) < 4.78 is 10.2. The molecule has 0 spiro atoms. The number of furan rings is 1. The Morgan fingerprint density at radius 2 is 2.16 bits per heavy atom. The molecular weight excluding hydrogens is 338 g/mol. The number of ether oxygens (including phenoxy) is 1. The molecule has 1 amide bonds. The van der Waals surface area contributed by atoms with Gasteiger partial charge in [0.1, 0.15) is 5.76 Å². The molecular formula is C19H19NO4S. The molecule has 3 rings (SSSR count). The van der Waals surface area contributed by atoms with Crippen molar-refractivity contribution in [1.29, 1.82) is 0 Å². The Morgan fingerprint density at radius 1 is 1.32 bits per heavy atom. The fourth-order valence-electron chi connectivity index (χ4n) is 2.54. The molecule has 2 aromatic rings. The molecule has 5 nitrogen and oxygen atoms in total. The average Bonchev–Trinajstić information content (AvgIpc) is 3.07. The van der Waals surface area contributed by atoms with Crippen molar-refractivity contribution in [3.63, 3.8) is 0 Å². The summed E-state index contributed by atoms with van der Waals surface area (Å²) in [6.07, 6.45) is 5.16. The van der Waals surface area contributed by atoms with Gasteiger partial charge in [-0.25, -0.2) is 4.79 Å². The third-order valence-electron chi connectivity index (χ3n) is 3.81. The van der Waals surface area contributed by atoms with Crippen LogP contribution in [0.3, 0.4) is 0 Å². The number of nitrogens with zero attached hydrogens (tertiary/aromatic N) is 1. The fraction of sp³-hybridized carbons (Fsp3) is 0.263. The first-order valence-electron chi connectivity index (χ1n) is 8.08. The molecule has 0 aliphatic carbocycles. The maximum atomic E-state index is 12.6. The smallest absolute Gasteiger partial charge is 0.331 e. The lowest BCUT2D eigenvalue weighted by atomic mass is 10.2. The number of thioether (sulfide) groups is 1. The van der Waals surface area contributed by atoms with Crippen LogP contribution < -0.4 is 4.90 Å². The number of carbonyl (C=O) groups excluding carboxylic acids is 2. The fourth-order valence-corrected chi connectivity index (χ4v) is 3.65. The maximum absolute atomic E-state index is 12.6. The molecule has 1 aliphatic heterocycles. The molecule has 0 radical (unpaired) electrons. The quantitative estimate of drug-likeness (QED) is 0.616. The molecule has 0 saturated heterocycles. The third-order valence-corrected chi connectivity index (χ3v) is 5.05. The number of fused-ring (bicyclic) bond motifs is 1. The van der Waals surface area contributed by atoms with Gasteiger partial charge in [0.2, 0.25) is 0 Å².